The lowest BCUT2D eigenvalue weighted by Crippen LogP contribution is -2.19. The van der Waals surface area contributed by atoms with E-state index in [0.29, 0.717) is 5.69 Å². The number of hydrogen-bond acceptors (Lipinski definition) is 4. The molecule has 4 rings (SSSR count). The van der Waals surface area contributed by atoms with Crippen LogP contribution >= 0.6 is 0 Å². The summed E-state index contributed by atoms with van der Waals surface area (Å²) in [6, 6.07) is 17.1. The molecule has 0 radical (unpaired) electrons. The van der Waals surface area contributed by atoms with E-state index in [1.807, 2.05) is 24.3 Å². The lowest BCUT2D eigenvalue weighted by atomic mass is 10.1. The molecule has 2 aromatic carbocycles. The Bertz CT molecular complexity index is 935. The Balaban J connectivity index is 1.45. The molecule has 5 nitrogen and oxygen atoms in total. The van der Waals surface area contributed by atoms with Gasteiger partial charge in [0.15, 0.2) is 5.82 Å². The monoisotopic (exact) mass is 362 g/mol. The van der Waals surface area contributed by atoms with Crippen molar-refractivity contribution in [3.63, 3.8) is 0 Å². The fourth-order valence-corrected chi connectivity index (χ4v) is 3.16. The summed E-state index contributed by atoms with van der Waals surface area (Å²) < 4.78 is 13.7. The molecule has 0 saturated carbocycles. The average Bonchev–Trinajstić information content (AvgIpc) is 3.24. The van der Waals surface area contributed by atoms with Crippen molar-refractivity contribution in [2.45, 2.75) is 12.8 Å². The molecule has 1 aromatic heterocycles. The van der Waals surface area contributed by atoms with E-state index in [-0.39, 0.29) is 5.56 Å². The molecule has 1 aliphatic rings. The highest BCUT2D eigenvalue weighted by atomic mass is 19.1. The van der Waals surface area contributed by atoms with Gasteiger partial charge in [-0.05, 0) is 49.2 Å². The number of carbonyl (C=O) groups is 1. The van der Waals surface area contributed by atoms with Gasteiger partial charge in [-0.3, -0.25) is 4.79 Å². The number of halogens is 1. The minimum atomic E-state index is -0.542. The maximum atomic E-state index is 13.7. The normalized spacial score (nSPS) is 13.6. The molecular weight excluding hydrogens is 343 g/mol. The fraction of sp³-hybridized carbons (Fsp3) is 0.190. The molecule has 0 atom stereocenters. The van der Waals surface area contributed by atoms with Crippen LogP contribution in [0.25, 0.3) is 11.3 Å². The van der Waals surface area contributed by atoms with Crippen LogP contribution in [-0.2, 0) is 0 Å². The van der Waals surface area contributed by atoms with Gasteiger partial charge in [0.05, 0.1) is 11.3 Å². The Morgan fingerprint density at radius 2 is 1.67 bits per heavy atom. The van der Waals surface area contributed by atoms with Gasteiger partial charge in [-0.15, -0.1) is 10.2 Å². The Labute approximate surface area is 156 Å². The molecule has 1 saturated heterocycles. The topological polar surface area (TPSA) is 58.1 Å². The predicted molar refractivity (Wildman–Crippen MR) is 103 cm³/mol. The summed E-state index contributed by atoms with van der Waals surface area (Å²) in [6.45, 7) is 2.06. The summed E-state index contributed by atoms with van der Waals surface area (Å²) in [5.74, 6) is -0.111. The van der Waals surface area contributed by atoms with Crippen molar-refractivity contribution in [2.75, 3.05) is 23.3 Å². The molecule has 3 aromatic rings. The van der Waals surface area contributed by atoms with Gasteiger partial charge < -0.3 is 10.2 Å². The van der Waals surface area contributed by atoms with Gasteiger partial charge in [-0.25, -0.2) is 4.39 Å². The molecule has 2 heterocycles. The number of hydrogen-bond donors (Lipinski definition) is 1. The molecule has 136 valence electrons. The molecule has 1 aliphatic heterocycles. The van der Waals surface area contributed by atoms with E-state index < -0.39 is 11.7 Å². The molecule has 0 aliphatic carbocycles. The molecule has 27 heavy (non-hydrogen) atoms. The van der Waals surface area contributed by atoms with Crippen LogP contribution in [-0.4, -0.2) is 29.2 Å². The van der Waals surface area contributed by atoms with Crippen molar-refractivity contribution in [2.24, 2.45) is 0 Å². The van der Waals surface area contributed by atoms with Crippen molar-refractivity contribution in [3.8, 4) is 11.3 Å². The third-order valence-corrected chi connectivity index (χ3v) is 4.64. The van der Waals surface area contributed by atoms with E-state index in [9.17, 15) is 9.18 Å². The maximum Gasteiger partial charge on any atom is 0.258 e. The SMILES string of the molecule is O=C(Nc1ccc(-c2ccc(N3CCCC3)nn2)cc1)c1ccccc1F. The summed E-state index contributed by atoms with van der Waals surface area (Å²) in [5.41, 5.74) is 2.28. The molecule has 0 bridgehead atoms. The van der Waals surface area contributed by atoms with Crippen LogP contribution in [0.5, 0.6) is 0 Å². The third-order valence-electron chi connectivity index (χ3n) is 4.64. The van der Waals surface area contributed by atoms with Crippen LogP contribution in [0.1, 0.15) is 23.2 Å². The van der Waals surface area contributed by atoms with Crippen molar-refractivity contribution in [3.05, 3.63) is 72.0 Å². The van der Waals surface area contributed by atoms with Gasteiger partial charge >= 0.3 is 0 Å². The fourth-order valence-electron chi connectivity index (χ4n) is 3.16. The molecule has 6 heteroatoms. The minimum absolute atomic E-state index is 0.0185. The number of anilines is 2. The van der Waals surface area contributed by atoms with Gasteiger partial charge in [0.2, 0.25) is 0 Å². The van der Waals surface area contributed by atoms with E-state index >= 15 is 0 Å². The Hall–Kier alpha value is -3.28. The zero-order chi connectivity index (χ0) is 18.6. The highest BCUT2D eigenvalue weighted by Gasteiger charge is 2.14. The summed E-state index contributed by atoms with van der Waals surface area (Å²) in [7, 11) is 0. The third kappa shape index (κ3) is 3.79. The van der Waals surface area contributed by atoms with Crippen molar-refractivity contribution in [1.82, 2.24) is 10.2 Å². The second-order valence-corrected chi connectivity index (χ2v) is 6.48. The smallest absolute Gasteiger partial charge is 0.258 e. The van der Waals surface area contributed by atoms with Crippen LogP contribution in [0.15, 0.2) is 60.7 Å². The first-order valence-corrected chi connectivity index (χ1v) is 8.96. The van der Waals surface area contributed by atoms with Crippen molar-refractivity contribution < 1.29 is 9.18 Å². The maximum absolute atomic E-state index is 13.7. The summed E-state index contributed by atoms with van der Waals surface area (Å²) in [5, 5.41) is 11.3. The molecule has 1 N–H and O–H groups in total. The summed E-state index contributed by atoms with van der Waals surface area (Å²) in [4.78, 5) is 14.4. The zero-order valence-corrected chi connectivity index (χ0v) is 14.7. The average molecular weight is 362 g/mol. The molecule has 0 spiro atoms. The lowest BCUT2D eigenvalue weighted by molar-refractivity contribution is 0.102. The van der Waals surface area contributed by atoms with E-state index in [0.717, 1.165) is 30.2 Å². The van der Waals surface area contributed by atoms with Crippen LogP contribution in [0.4, 0.5) is 15.9 Å². The molecule has 0 unspecified atom stereocenters. The molecular formula is C21H19FN4O. The second-order valence-electron chi connectivity index (χ2n) is 6.48. The number of carbonyl (C=O) groups excluding carboxylic acids is 1. The highest BCUT2D eigenvalue weighted by Crippen LogP contribution is 2.22. The van der Waals surface area contributed by atoms with Gasteiger partial charge in [-0.1, -0.05) is 24.3 Å². The quantitative estimate of drug-likeness (QED) is 0.758. The minimum Gasteiger partial charge on any atom is -0.355 e. The van der Waals surface area contributed by atoms with E-state index in [4.69, 9.17) is 0 Å². The van der Waals surface area contributed by atoms with E-state index in [1.165, 1.54) is 25.0 Å². The van der Waals surface area contributed by atoms with Gasteiger partial charge in [-0.2, -0.15) is 0 Å². The Morgan fingerprint density at radius 1 is 0.926 bits per heavy atom. The predicted octanol–water partition coefficient (Wildman–Crippen LogP) is 4.14. The molecule has 1 fully saturated rings. The van der Waals surface area contributed by atoms with Crippen LogP contribution < -0.4 is 10.2 Å². The highest BCUT2D eigenvalue weighted by molar-refractivity contribution is 6.04. The number of nitrogens with one attached hydrogen (secondary N) is 1. The summed E-state index contributed by atoms with van der Waals surface area (Å²) in [6.07, 6.45) is 2.40. The van der Waals surface area contributed by atoms with Crippen molar-refractivity contribution in [1.29, 1.82) is 0 Å². The standard InChI is InChI=1S/C21H19FN4O/c22-18-6-2-1-5-17(18)21(27)23-16-9-7-15(8-10-16)19-11-12-20(25-24-19)26-13-3-4-14-26/h1-2,5-12H,3-4,13-14H2,(H,23,27). The van der Waals surface area contributed by atoms with Crippen molar-refractivity contribution >= 4 is 17.4 Å². The number of aromatic nitrogens is 2. The molecule has 1 amide bonds. The van der Waals surface area contributed by atoms with Gasteiger partial charge in [0.1, 0.15) is 5.82 Å². The van der Waals surface area contributed by atoms with Gasteiger partial charge in [0.25, 0.3) is 5.91 Å². The first kappa shape index (κ1) is 17.1. The van der Waals surface area contributed by atoms with E-state index in [2.05, 4.69) is 20.4 Å². The Kier molecular flexibility index (Phi) is 4.78. The lowest BCUT2D eigenvalue weighted by Gasteiger charge is -2.15. The first-order valence-electron chi connectivity index (χ1n) is 8.96. The van der Waals surface area contributed by atoms with Crippen LogP contribution in [0.3, 0.4) is 0 Å². The first-order chi connectivity index (χ1) is 13.2. The van der Waals surface area contributed by atoms with Crippen LogP contribution in [0, 0.1) is 5.82 Å². The van der Waals surface area contributed by atoms with Crippen LogP contribution in [0.2, 0.25) is 0 Å². The second kappa shape index (κ2) is 7.53. The zero-order valence-electron chi connectivity index (χ0n) is 14.7. The number of nitrogens with zero attached hydrogens (tertiary/aromatic N) is 3. The van der Waals surface area contributed by atoms with Gasteiger partial charge in [0, 0.05) is 24.3 Å². The summed E-state index contributed by atoms with van der Waals surface area (Å²) >= 11 is 0. The number of amides is 1. The largest absolute Gasteiger partial charge is 0.355 e. The number of benzene rings is 2. The number of rotatable bonds is 4. The van der Waals surface area contributed by atoms with E-state index in [1.54, 1.807) is 24.3 Å². The Morgan fingerprint density at radius 3 is 2.33 bits per heavy atom.